The zero-order chi connectivity index (χ0) is 22.8. The molecule has 1 aliphatic rings. The molecular formula is C23H24F6P2. The SMILES string of the molecule is CC1CCc2ccccc2C[P+]1(c1ccccc1)c1ccccc1.F[P-](F)(F)(F)(F)F. The fourth-order valence-electron chi connectivity index (χ4n) is 4.19. The summed E-state index contributed by atoms with van der Waals surface area (Å²) in [5.74, 6) is 0. The maximum atomic E-state index is 9.87. The quantitative estimate of drug-likeness (QED) is 0.257. The molecule has 0 amide bonds. The Kier molecular flexibility index (Phi) is 6.06. The van der Waals surface area contributed by atoms with Gasteiger partial charge in [0.2, 0.25) is 0 Å². The fourth-order valence-corrected chi connectivity index (χ4v) is 9.01. The molecule has 0 aliphatic carbocycles. The second-order valence-electron chi connectivity index (χ2n) is 7.81. The van der Waals surface area contributed by atoms with Crippen LogP contribution in [-0.4, -0.2) is 5.66 Å². The van der Waals surface area contributed by atoms with Crippen LogP contribution in [0, 0.1) is 0 Å². The Bertz CT molecular complexity index is 968. The third kappa shape index (κ3) is 6.79. The molecular weight excluding hydrogens is 452 g/mol. The van der Waals surface area contributed by atoms with E-state index in [2.05, 4.69) is 91.9 Å². The van der Waals surface area contributed by atoms with E-state index in [-0.39, 0.29) is 0 Å². The summed E-state index contributed by atoms with van der Waals surface area (Å²) >= 11 is 0. The molecule has 0 aromatic heterocycles. The van der Waals surface area contributed by atoms with Gasteiger partial charge in [0.05, 0.1) is 29.7 Å². The molecule has 4 rings (SSSR count). The predicted molar refractivity (Wildman–Crippen MR) is 121 cm³/mol. The predicted octanol–water partition coefficient (Wildman–Crippen LogP) is 8.57. The average molecular weight is 476 g/mol. The van der Waals surface area contributed by atoms with Gasteiger partial charge in [-0.1, -0.05) is 60.7 Å². The Balaban J connectivity index is 0.000000339. The van der Waals surface area contributed by atoms with Crippen LogP contribution in [0.5, 0.6) is 0 Å². The van der Waals surface area contributed by atoms with Gasteiger partial charge in [0, 0.05) is 0 Å². The van der Waals surface area contributed by atoms with E-state index in [1.165, 1.54) is 19.0 Å². The molecule has 0 fully saturated rings. The topological polar surface area (TPSA) is 0 Å². The average Bonchev–Trinajstić information content (AvgIpc) is 2.84. The summed E-state index contributed by atoms with van der Waals surface area (Å²) in [4.78, 5) is 0. The monoisotopic (exact) mass is 476 g/mol. The Morgan fingerprint density at radius 2 is 1.03 bits per heavy atom. The van der Waals surface area contributed by atoms with Gasteiger partial charge in [-0.15, -0.1) is 0 Å². The van der Waals surface area contributed by atoms with E-state index in [4.69, 9.17) is 0 Å². The summed E-state index contributed by atoms with van der Waals surface area (Å²) in [6.45, 7) is 2.49. The number of halogens is 6. The first-order valence-electron chi connectivity index (χ1n) is 9.88. The molecule has 1 heterocycles. The molecule has 0 nitrogen and oxygen atoms in total. The zero-order valence-electron chi connectivity index (χ0n) is 16.9. The van der Waals surface area contributed by atoms with Gasteiger partial charge in [0.15, 0.2) is 0 Å². The van der Waals surface area contributed by atoms with Gasteiger partial charge in [-0.25, -0.2) is 0 Å². The van der Waals surface area contributed by atoms with E-state index in [0.29, 0.717) is 5.66 Å². The molecule has 0 bridgehead atoms. The minimum atomic E-state index is -10.7. The van der Waals surface area contributed by atoms with Crippen molar-refractivity contribution in [3.8, 4) is 0 Å². The van der Waals surface area contributed by atoms with E-state index in [0.717, 1.165) is 0 Å². The molecule has 1 aliphatic heterocycles. The van der Waals surface area contributed by atoms with Crippen LogP contribution in [-0.2, 0) is 12.6 Å². The van der Waals surface area contributed by atoms with Crippen molar-refractivity contribution in [2.24, 2.45) is 0 Å². The molecule has 0 spiro atoms. The van der Waals surface area contributed by atoms with E-state index < -0.39 is 15.1 Å². The van der Waals surface area contributed by atoms with Crippen LogP contribution in [0.3, 0.4) is 0 Å². The van der Waals surface area contributed by atoms with Crippen LogP contribution in [0.2, 0.25) is 0 Å². The van der Waals surface area contributed by atoms with Gasteiger partial charge in [-0.3, -0.25) is 0 Å². The molecule has 0 saturated carbocycles. The second kappa shape index (κ2) is 7.90. The van der Waals surface area contributed by atoms with E-state index in [1.807, 2.05) is 0 Å². The van der Waals surface area contributed by atoms with Crippen LogP contribution in [0.1, 0.15) is 24.5 Å². The second-order valence-corrected chi connectivity index (χ2v) is 13.7. The molecule has 0 saturated heterocycles. The van der Waals surface area contributed by atoms with Gasteiger partial charge >= 0.3 is 33.0 Å². The van der Waals surface area contributed by atoms with Crippen molar-refractivity contribution in [2.75, 3.05) is 0 Å². The molecule has 0 N–H and O–H groups in total. The number of benzene rings is 3. The summed E-state index contributed by atoms with van der Waals surface area (Å²) in [7, 11) is -12.1. The van der Waals surface area contributed by atoms with Crippen molar-refractivity contribution in [3.05, 3.63) is 96.1 Å². The molecule has 1 atom stereocenters. The van der Waals surface area contributed by atoms with Crippen LogP contribution in [0.15, 0.2) is 84.9 Å². The summed E-state index contributed by atoms with van der Waals surface area (Å²) in [6, 6.07) is 31.7. The van der Waals surface area contributed by atoms with Crippen LogP contribution < -0.4 is 10.6 Å². The van der Waals surface area contributed by atoms with Crippen LogP contribution in [0.25, 0.3) is 0 Å². The number of rotatable bonds is 2. The van der Waals surface area contributed by atoms with Crippen molar-refractivity contribution in [1.82, 2.24) is 0 Å². The van der Waals surface area contributed by atoms with Gasteiger partial charge in [0.25, 0.3) is 0 Å². The Labute approximate surface area is 178 Å². The van der Waals surface area contributed by atoms with Crippen molar-refractivity contribution in [2.45, 2.75) is 31.6 Å². The summed E-state index contributed by atoms with van der Waals surface area (Å²) in [5, 5.41) is 3.11. The first-order valence-corrected chi connectivity index (χ1v) is 13.9. The number of fused-ring (bicyclic) bond motifs is 1. The standard InChI is InChI=1S/C23H24P.F6P/c1-19-16-17-20-10-8-9-11-21(20)18-24(19,22-12-4-2-5-13-22)23-14-6-3-7-15-23;1-7(2,3,4,5)6/h2-15,19H,16-18H2,1H3;/q+1;-1. The zero-order valence-corrected chi connectivity index (χ0v) is 18.7. The Morgan fingerprint density at radius 3 is 1.48 bits per heavy atom. The molecule has 31 heavy (non-hydrogen) atoms. The van der Waals surface area contributed by atoms with Crippen molar-refractivity contribution in [1.29, 1.82) is 0 Å². The maximum absolute atomic E-state index is 10.7. The van der Waals surface area contributed by atoms with E-state index >= 15 is 0 Å². The van der Waals surface area contributed by atoms with E-state index in [1.54, 1.807) is 21.7 Å². The Morgan fingerprint density at radius 1 is 0.645 bits per heavy atom. The van der Waals surface area contributed by atoms with Gasteiger partial charge in [-0.05, 0) is 55.2 Å². The summed E-state index contributed by atoms with van der Waals surface area (Å²) < 4.78 is 59.2. The number of hydrogen-bond donors (Lipinski definition) is 0. The third-order valence-electron chi connectivity index (χ3n) is 5.56. The molecule has 1 unspecified atom stereocenters. The van der Waals surface area contributed by atoms with Crippen molar-refractivity contribution >= 4 is 25.7 Å². The van der Waals surface area contributed by atoms with Gasteiger partial charge in [0.1, 0.15) is 0 Å². The molecule has 0 radical (unpaired) electrons. The first-order chi connectivity index (χ1) is 14.3. The first kappa shape index (κ1) is 23.8. The molecule has 3 aromatic rings. The number of aryl methyl sites for hydroxylation is 1. The summed E-state index contributed by atoms with van der Waals surface area (Å²) in [5.41, 5.74) is 3.82. The Hall–Kier alpha value is -1.90. The fraction of sp³-hybridized carbons (Fsp3) is 0.217. The van der Waals surface area contributed by atoms with Crippen molar-refractivity contribution < 1.29 is 25.2 Å². The minimum absolute atomic E-state index is 0.703. The van der Waals surface area contributed by atoms with Crippen molar-refractivity contribution in [3.63, 3.8) is 0 Å². The van der Waals surface area contributed by atoms with Gasteiger partial charge in [-0.2, -0.15) is 0 Å². The van der Waals surface area contributed by atoms with Crippen LogP contribution in [0.4, 0.5) is 25.2 Å². The van der Waals surface area contributed by atoms with Crippen LogP contribution >= 0.6 is 15.1 Å². The molecule has 8 heteroatoms. The van der Waals surface area contributed by atoms with Gasteiger partial charge < -0.3 is 0 Å². The molecule has 3 aromatic carbocycles. The summed E-state index contributed by atoms with van der Waals surface area (Å²) in [6.07, 6.45) is 3.67. The number of hydrogen-bond acceptors (Lipinski definition) is 0. The van der Waals surface area contributed by atoms with E-state index in [9.17, 15) is 25.2 Å². The molecule has 168 valence electrons. The third-order valence-corrected chi connectivity index (χ3v) is 10.6. The normalized spacial score (nSPS) is 20.2.